The van der Waals surface area contributed by atoms with Crippen molar-refractivity contribution in [3.05, 3.63) is 88.5 Å². The highest BCUT2D eigenvalue weighted by molar-refractivity contribution is 7.22. The van der Waals surface area contributed by atoms with Crippen LogP contribution in [0.5, 0.6) is 11.5 Å². The van der Waals surface area contributed by atoms with Crippen molar-refractivity contribution >= 4 is 55.7 Å². The molecule has 1 aromatic heterocycles. The Kier molecular flexibility index (Phi) is 7.35. The molecule has 4 aromatic rings. The quantitative estimate of drug-likeness (QED) is 0.149. The van der Waals surface area contributed by atoms with E-state index in [-0.39, 0.29) is 11.3 Å². The normalized spacial score (nSPS) is 16.8. The number of thiazole rings is 1. The van der Waals surface area contributed by atoms with Gasteiger partial charge in [-0.15, -0.1) is 0 Å². The van der Waals surface area contributed by atoms with Crippen LogP contribution in [0.1, 0.15) is 37.4 Å². The van der Waals surface area contributed by atoms with Gasteiger partial charge < -0.3 is 14.6 Å². The minimum atomic E-state index is -0.920. The molecule has 5 rings (SSSR count). The van der Waals surface area contributed by atoms with Crippen molar-refractivity contribution in [1.82, 2.24) is 4.98 Å². The molecule has 194 valence electrons. The van der Waals surface area contributed by atoms with Crippen LogP contribution in [0.15, 0.2) is 72.3 Å². The zero-order valence-electron chi connectivity index (χ0n) is 20.8. The molecule has 38 heavy (non-hydrogen) atoms. The number of nitrogens with zero attached hydrogens (tertiary/aromatic N) is 2. The Balaban J connectivity index is 1.63. The van der Waals surface area contributed by atoms with Crippen LogP contribution >= 0.6 is 22.9 Å². The minimum absolute atomic E-state index is 0.0336. The van der Waals surface area contributed by atoms with Gasteiger partial charge in [0, 0.05) is 10.6 Å². The van der Waals surface area contributed by atoms with Gasteiger partial charge in [0.2, 0.25) is 0 Å². The molecule has 0 aliphatic carbocycles. The summed E-state index contributed by atoms with van der Waals surface area (Å²) in [4.78, 5) is 32.9. The maximum Gasteiger partial charge on any atom is 0.301 e. The molecule has 1 unspecified atom stereocenters. The van der Waals surface area contributed by atoms with E-state index in [2.05, 4.69) is 4.98 Å². The first-order valence-corrected chi connectivity index (χ1v) is 13.4. The second-order valence-electron chi connectivity index (χ2n) is 8.66. The van der Waals surface area contributed by atoms with Crippen LogP contribution < -0.4 is 14.4 Å². The maximum absolute atomic E-state index is 13.5. The van der Waals surface area contributed by atoms with Gasteiger partial charge in [-0.05, 0) is 73.5 Å². The molecule has 1 saturated heterocycles. The molecule has 7 nitrogen and oxygen atoms in total. The number of ether oxygens (including phenoxy) is 2. The Labute approximate surface area is 228 Å². The number of aliphatic hydroxyl groups excluding tert-OH is 1. The molecule has 0 spiro atoms. The topological polar surface area (TPSA) is 89.0 Å². The van der Waals surface area contributed by atoms with Gasteiger partial charge in [0.25, 0.3) is 5.78 Å². The number of carbonyl (C=O) groups is 2. The van der Waals surface area contributed by atoms with Gasteiger partial charge >= 0.3 is 5.91 Å². The number of aliphatic hydroxyl groups is 1. The largest absolute Gasteiger partial charge is 0.507 e. The molecule has 1 amide bonds. The first-order valence-electron chi connectivity index (χ1n) is 12.2. The van der Waals surface area contributed by atoms with Crippen LogP contribution in [0.2, 0.25) is 5.02 Å². The number of ketones is 1. The van der Waals surface area contributed by atoms with E-state index in [1.165, 1.54) is 16.2 Å². The number of amides is 1. The van der Waals surface area contributed by atoms with Crippen molar-refractivity contribution in [2.75, 3.05) is 18.1 Å². The van der Waals surface area contributed by atoms with E-state index in [1.54, 1.807) is 48.5 Å². The molecule has 3 aromatic carbocycles. The fourth-order valence-electron chi connectivity index (χ4n) is 4.36. The van der Waals surface area contributed by atoms with Crippen LogP contribution in [0.25, 0.3) is 16.0 Å². The molecule has 1 N–H and O–H groups in total. The number of hydrogen-bond donors (Lipinski definition) is 1. The third kappa shape index (κ3) is 4.85. The third-order valence-corrected chi connectivity index (χ3v) is 7.33. The second-order valence-corrected chi connectivity index (χ2v) is 10.1. The Morgan fingerprint density at radius 1 is 1.03 bits per heavy atom. The average Bonchev–Trinajstić information content (AvgIpc) is 3.45. The Hall–Kier alpha value is -3.88. The number of fused-ring (bicyclic) bond motifs is 1. The molecule has 1 atom stereocenters. The van der Waals surface area contributed by atoms with Gasteiger partial charge in [-0.25, -0.2) is 4.98 Å². The number of benzene rings is 3. The summed E-state index contributed by atoms with van der Waals surface area (Å²) < 4.78 is 12.0. The molecule has 9 heteroatoms. The Morgan fingerprint density at radius 2 is 1.79 bits per heavy atom. The minimum Gasteiger partial charge on any atom is -0.507 e. The summed E-state index contributed by atoms with van der Waals surface area (Å²) in [5.41, 5.74) is 1.61. The van der Waals surface area contributed by atoms with Crippen LogP contribution in [0.3, 0.4) is 0 Å². The fourth-order valence-corrected chi connectivity index (χ4v) is 5.58. The lowest BCUT2D eigenvalue weighted by atomic mass is 9.95. The number of anilines is 1. The molecular formula is C29H25ClN2O5S. The summed E-state index contributed by atoms with van der Waals surface area (Å²) in [7, 11) is 0. The second kappa shape index (κ2) is 10.8. The SMILES string of the molecule is CCCOc1ccc(C(O)=C2C(=O)C(=O)N(c3nc4ccc(OCC)cc4s3)C2c2cccc(Cl)c2)cc1. The predicted molar refractivity (Wildman–Crippen MR) is 149 cm³/mol. The van der Waals surface area contributed by atoms with Crippen molar-refractivity contribution < 1.29 is 24.2 Å². The summed E-state index contributed by atoms with van der Waals surface area (Å²) in [6.45, 7) is 5.00. The van der Waals surface area contributed by atoms with E-state index in [0.29, 0.717) is 51.5 Å². The molecule has 0 radical (unpaired) electrons. The van der Waals surface area contributed by atoms with Gasteiger partial charge in [-0.3, -0.25) is 14.5 Å². The van der Waals surface area contributed by atoms with Crippen molar-refractivity contribution in [3.63, 3.8) is 0 Å². The van der Waals surface area contributed by atoms with Gasteiger partial charge in [0.15, 0.2) is 5.13 Å². The summed E-state index contributed by atoms with van der Waals surface area (Å²) in [6, 6.07) is 18.2. The highest BCUT2D eigenvalue weighted by atomic mass is 35.5. The number of Topliss-reactive ketones (excluding diaryl/α,β-unsaturated/α-hetero) is 1. The summed E-state index contributed by atoms with van der Waals surface area (Å²) in [5, 5.41) is 12.1. The number of carbonyl (C=O) groups excluding carboxylic acids is 2. The van der Waals surface area contributed by atoms with Crippen LogP contribution in [-0.2, 0) is 9.59 Å². The Bertz CT molecular complexity index is 1550. The van der Waals surface area contributed by atoms with Crippen molar-refractivity contribution in [1.29, 1.82) is 0 Å². The lowest BCUT2D eigenvalue weighted by Crippen LogP contribution is -2.29. The molecule has 0 saturated carbocycles. The van der Waals surface area contributed by atoms with Crippen molar-refractivity contribution in [2.24, 2.45) is 0 Å². The third-order valence-electron chi connectivity index (χ3n) is 6.08. The summed E-state index contributed by atoms with van der Waals surface area (Å²) >= 11 is 7.57. The first-order chi connectivity index (χ1) is 18.4. The van der Waals surface area contributed by atoms with E-state index in [1.807, 2.05) is 32.0 Å². The average molecular weight is 549 g/mol. The van der Waals surface area contributed by atoms with Gasteiger partial charge in [-0.1, -0.05) is 42.0 Å². The van der Waals surface area contributed by atoms with E-state index in [4.69, 9.17) is 21.1 Å². The highest BCUT2D eigenvalue weighted by Crippen LogP contribution is 2.45. The lowest BCUT2D eigenvalue weighted by molar-refractivity contribution is -0.132. The molecule has 2 heterocycles. The van der Waals surface area contributed by atoms with Gasteiger partial charge in [-0.2, -0.15) is 0 Å². The van der Waals surface area contributed by atoms with Crippen LogP contribution in [-0.4, -0.2) is 35.0 Å². The Morgan fingerprint density at radius 3 is 2.50 bits per heavy atom. The van der Waals surface area contributed by atoms with Gasteiger partial charge in [0.1, 0.15) is 17.3 Å². The number of hydrogen-bond acceptors (Lipinski definition) is 7. The summed E-state index contributed by atoms with van der Waals surface area (Å²) in [5.74, 6) is -0.514. The molecule has 1 fully saturated rings. The van der Waals surface area contributed by atoms with Crippen LogP contribution in [0, 0.1) is 0 Å². The zero-order chi connectivity index (χ0) is 26.8. The van der Waals surface area contributed by atoms with Crippen molar-refractivity contribution in [2.45, 2.75) is 26.3 Å². The maximum atomic E-state index is 13.5. The van der Waals surface area contributed by atoms with E-state index < -0.39 is 17.7 Å². The predicted octanol–water partition coefficient (Wildman–Crippen LogP) is 6.76. The smallest absolute Gasteiger partial charge is 0.301 e. The summed E-state index contributed by atoms with van der Waals surface area (Å²) in [6.07, 6.45) is 0.865. The molecule has 0 bridgehead atoms. The number of halogens is 1. The zero-order valence-corrected chi connectivity index (χ0v) is 22.4. The number of aromatic nitrogens is 1. The number of rotatable bonds is 8. The van der Waals surface area contributed by atoms with E-state index in [0.717, 1.165) is 11.1 Å². The fraction of sp³-hybridized carbons (Fsp3) is 0.207. The van der Waals surface area contributed by atoms with E-state index >= 15 is 0 Å². The molecular weight excluding hydrogens is 524 g/mol. The van der Waals surface area contributed by atoms with Crippen LogP contribution in [0.4, 0.5) is 5.13 Å². The lowest BCUT2D eigenvalue weighted by Gasteiger charge is -2.23. The highest BCUT2D eigenvalue weighted by Gasteiger charge is 2.48. The molecule has 1 aliphatic rings. The van der Waals surface area contributed by atoms with E-state index in [9.17, 15) is 14.7 Å². The van der Waals surface area contributed by atoms with Gasteiger partial charge in [0.05, 0.1) is 35.0 Å². The standard InChI is InChI=1S/C29H25ClN2O5S/c1-3-14-37-20-10-8-17(9-11-20)26(33)24-25(18-6-5-7-19(30)15-18)32(28(35)27(24)34)29-31-22-13-12-21(36-4-2)16-23(22)38-29/h5-13,15-16,25,33H,3-4,14H2,1-2H3. The molecule has 1 aliphatic heterocycles. The van der Waals surface area contributed by atoms with Crippen molar-refractivity contribution in [3.8, 4) is 11.5 Å². The first kappa shape index (κ1) is 25.8. The monoisotopic (exact) mass is 548 g/mol.